The van der Waals surface area contributed by atoms with Crippen LogP contribution in [0.1, 0.15) is 25.7 Å². The average molecular weight is 305 g/mol. The van der Waals surface area contributed by atoms with Crippen molar-refractivity contribution < 1.29 is 0 Å². The largest absolute Gasteiger partial charge is 0.369 e. The smallest absolute Gasteiger partial charge is 0.196 e. The number of rotatable bonds is 1. The van der Waals surface area contributed by atoms with Crippen LogP contribution in [0.2, 0.25) is 5.02 Å². The first-order valence-electron chi connectivity index (χ1n) is 7.81. The number of hydrogen-bond acceptors (Lipinski definition) is 4. The molecule has 3 aliphatic rings. The molecule has 21 heavy (non-hydrogen) atoms. The zero-order chi connectivity index (χ0) is 14.4. The molecular formula is C16H21ClN4. The number of halogens is 1. The molecular weight excluding hydrogens is 284 g/mol. The Morgan fingerprint density at radius 3 is 2.95 bits per heavy atom. The number of benzene rings is 1. The van der Waals surface area contributed by atoms with Crippen molar-refractivity contribution in [1.29, 1.82) is 0 Å². The highest BCUT2D eigenvalue weighted by atomic mass is 35.5. The summed E-state index contributed by atoms with van der Waals surface area (Å²) in [6.45, 7) is 3.16. The number of aliphatic imine (C=N–C) groups is 1. The topological polar surface area (TPSA) is 44.9 Å². The van der Waals surface area contributed by atoms with Gasteiger partial charge in [-0.15, -0.1) is 0 Å². The number of nitrogens with zero attached hydrogens (tertiary/aromatic N) is 3. The molecule has 2 N–H and O–H groups in total. The van der Waals surface area contributed by atoms with Gasteiger partial charge in [0, 0.05) is 12.6 Å². The molecule has 4 nitrogen and oxygen atoms in total. The zero-order valence-corrected chi connectivity index (χ0v) is 12.9. The van der Waals surface area contributed by atoms with Crippen LogP contribution in [-0.4, -0.2) is 42.1 Å². The lowest BCUT2D eigenvalue weighted by Crippen LogP contribution is -2.60. The minimum atomic E-state index is 0.00942. The van der Waals surface area contributed by atoms with E-state index in [1.54, 1.807) is 0 Å². The normalized spacial score (nSPS) is 32.5. The molecule has 0 radical (unpaired) electrons. The zero-order valence-electron chi connectivity index (χ0n) is 12.1. The molecule has 3 heterocycles. The van der Waals surface area contributed by atoms with Crippen LogP contribution in [0.5, 0.6) is 0 Å². The van der Waals surface area contributed by atoms with Gasteiger partial charge < -0.3 is 10.6 Å². The molecule has 2 saturated heterocycles. The standard InChI is InChI=1S/C16H21ClN4/c17-12-5-1-2-6-13(12)21-15(18)19-11-16(21)8-10-20-9-4-3-7-14(16)20/h1-2,5-6,14H,3-4,7-11H2,(H2,18,19). The van der Waals surface area contributed by atoms with Gasteiger partial charge in [0.05, 0.1) is 22.8 Å². The summed E-state index contributed by atoms with van der Waals surface area (Å²) >= 11 is 6.44. The van der Waals surface area contributed by atoms with Crippen molar-refractivity contribution in [3.8, 4) is 0 Å². The van der Waals surface area contributed by atoms with Crippen LogP contribution in [0.25, 0.3) is 0 Å². The van der Waals surface area contributed by atoms with Crippen molar-refractivity contribution >= 4 is 23.2 Å². The van der Waals surface area contributed by atoms with Crippen LogP contribution >= 0.6 is 11.6 Å². The van der Waals surface area contributed by atoms with E-state index in [2.05, 4.69) is 20.9 Å². The minimum Gasteiger partial charge on any atom is -0.369 e. The Kier molecular flexibility index (Phi) is 3.12. The summed E-state index contributed by atoms with van der Waals surface area (Å²) in [6, 6.07) is 8.53. The van der Waals surface area contributed by atoms with Gasteiger partial charge in [-0.1, -0.05) is 30.2 Å². The second-order valence-electron chi connectivity index (χ2n) is 6.36. The maximum absolute atomic E-state index is 6.44. The molecule has 1 spiro atoms. The van der Waals surface area contributed by atoms with Crippen LogP contribution in [0.3, 0.4) is 0 Å². The molecule has 4 rings (SSSR count). The molecule has 1 aromatic rings. The molecule has 0 amide bonds. The van der Waals surface area contributed by atoms with E-state index >= 15 is 0 Å². The number of nitrogens with two attached hydrogens (primary N) is 1. The Morgan fingerprint density at radius 2 is 2.10 bits per heavy atom. The first-order chi connectivity index (χ1) is 10.2. The fraction of sp³-hybridized carbons (Fsp3) is 0.562. The highest BCUT2D eigenvalue weighted by molar-refractivity contribution is 6.34. The summed E-state index contributed by atoms with van der Waals surface area (Å²) in [5.41, 5.74) is 7.27. The van der Waals surface area contributed by atoms with E-state index < -0.39 is 0 Å². The lowest BCUT2D eigenvalue weighted by Gasteiger charge is -2.44. The maximum Gasteiger partial charge on any atom is 0.196 e. The first-order valence-corrected chi connectivity index (χ1v) is 8.19. The number of guanidine groups is 1. The lowest BCUT2D eigenvalue weighted by atomic mass is 9.84. The van der Waals surface area contributed by atoms with Gasteiger partial charge in [0.25, 0.3) is 0 Å². The van der Waals surface area contributed by atoms with Gasteiger partial charge in [0.2, 0.25) is 0 Å². The number of hydrogen-bond donors (Lipinski definition) is 1. The SMILES string of the molecule is NC1=NCC2(CCN3CCCCC32)N1c1ccccc1Cl. The third-order valence-corrected chi connectivity index (χ3v) is 5.67. The van der Waals surface area contributed by atoms with Gasteiger partial charge >= 0.3 is 0 Å². The second kappa shape index (κ2) is 4.89. The maximum atomic E-state index is 6.44. The van der Waals surface area contributed by atoms with Crippen LogP contribution in [0.15, 0.2) is 29.3 Å². The van der Waals surface area contributed by atoms with Crippen LogP contribution in [-0.2, 0) is 0 Å². The molecule has 2 atom stereocenters. The van der Waals surface area contributed by atoms with E-state index in [4.69, 9.17) is 17.3 Å². The quantitative estimate of drug-likeness (QED) is 0.867. The fourth-order valence-corrected chi connectivity index (χ4v) is 4.62. The highest BCUT2D eigenvalue weighted by Gasteiger charge is 2.55. The molecule has 3 aliphatic heterocycles. The van der Waals surface area contributed by atoms with Crippen LogP contribution < -0.4 is 10.6 Å². The summed E-state index contributed by atoms with van der Waals surface area (Å²) in [5, 5.41) is 0.756. The van der Waals surface area contributed by atoms with Gasteiger partial charge in [-0.25, -0.2) is 0 Å². The van der Waals surface area contributed by atoms with E-state index in [0.717, 1.165) is 30.2 Å². The van der Waals surface area contributed by atoms with Crippen molar-refractivity contribution in [1.82, 2.24) is 4.90 Å². The summed E-state index contributed by atoms with van der Waals surface area (Å²) in [5.74, 6) is 0.621. The molecule has 2 unspecified atom stereocenters. The molecule has 1 aromatic carbocycles. The van der Waals surface area contributed by atoms with Crippen molar-refractivity contribution in [2.75, 3.05) is 24.5 Å². The van der Waals surface area contributed by atoms with Crippen LogP contribution in [0.4, 0.5) is 5.69 Å². The molecule has 0 aliphatic carbocycles. The van der Waals surface area contributed by atoms with Crippen LogP contribution in [0, 0.1) is 0 Å². The van der Waals surface area contributed by atoms with E-state index in [9.17, 15) is 0 Å². The summed E-state index contributed by atoms with van der Waals surface area (Å²) in [6.07, 6.45) is 4.98. The molecule has 2 fully saturated rings. The molecule has 0 saturated carbocycles. The first kappa shape index (κ1) is 13.4. The van der Waals surface area contributed by atoms with E-state index in [1.165, 1.54) is 25.8 Å². The second-order valence-corrected chi connectivity index (χ2v) is 6.77. The van der Waals surface area contributed by atoms with Crippen molar-refractivity contribution in [3.63, 3.8) is 0 Å². The van der Waals surface area contributed by atoms with Gasteiger partial charge in [0.15, 0.2) is 5.96 Å². The number of anilines is 1. The minimum absolute atomic E-state index is 0.00942. The number of piperidine rings is 1. The Balaban J connectivity index is 1.77. The fourth-order valence-electron chi connectivity index (χ4n) is 4.40. The predicted octanol–water partition coefficient (Wildman–Crippen LogP) is 2.47. The van der Waals surface area contributed by atoms with Gasteiger partial charge in [-0.2, -0.15) is 0 Å². The predicted molar refractivity (Wildman–Crippen MR) is 87.0 cm³/mol. The number of para-hydroxylation sites is 1. The van der Waals surface area contributed by atoms with Gasteiger partial charge in [-0.3, -0.25) is 9.89 Å². The molecule has 0 aromatic heterocycles. The third-order valence-electron chi connectivity index (χ3n) is 5.35. The molecule has 0 bridgehead atoms. The summed E-state index contributed by atoms with van der Waals surface area (Å²) in [7, 11) is 0. The summed E-state index contributed by atoms with van der Waals surface area (Å²) in [4.78, 5) is 9.45. The highest BCUT2D eigenvalue weighted by Crippen LogP contribution is 2.45. The van der Waals surface area contributed by atoms with Gasteiger partial charge in [0.1, 0.15) is 0 Å². The summed E-state index contributed by atoms with van der Waals surface area (Å²) < 4.78 is 0. The van der Waals surface area contributed by atoms with Gasteiger partial charge in [-0.05, 0) is 37.9 Å². The van der Waals surface area contributed by atoms with Crippen molar-refractivity contribution in [2.24, 2.45) is 10.7 Å². The van der Waals surface area contributed by atoms with E-state index in [-0.39, 0.29) is 5.54 Å². The Bertz CT molecular complexity index is 587. The molecule has 112 valence electrons. The van der Waals surface area contributed by atoms with E-state index in [0.29, 0.717) is 12.0 Å². The Labute approximate surface area is 130 Å². The van der Waals surface area contributed by atoms with Crippen molar-refractivity contribution in [2.45, 2.75) is 37.3 Å². The molecule has 5 heteroatoms. The lowest BCUT2D eigenvalue weighted by molar-refractivity contribution is 0.163. The third kappa shape index (κ3) is 1.89. The number of fused-ring (bicyclic) bond motifs is 2. The van der Waals surface area contributed by atoms with Crippen molar-refractivity contribution in [3.05, 3.63) is 29.3 Å². The average Bonchev–Trinajstić information content (AvgIpc) is 3.03. The monoisotopic (exact) mass is 304 g/mol. The Hall–Kier alpha value is -1.26. The Morgan fingerprint density at radius 1 is 1.24 bits per heavy atom. The van der Waals surface area contributed by atoms with E-state index in [1.807, 2.05) is 18.2 Å².